The van der Waals surface area contributed by atoms with E-state index in [1.54, 1.807) is 0 Å². The van der Waals surface area contributed by atoms with Gasteiger partial charge in [-0.2, -0.15) is 0 Å². The number of hydrazine groups is 1. The van der Waals surface area contributed by atoms with E-state index in [-0.39, 0.29) is 0 Å². The minimum Gasteiger partial charge on any atom is -0.332 e. The Morgan fingerprint density at radius 1 is 1.00 bits per heavy atom. The molecule has 0 radical (unpaired) electrons. The second kappa shape index (κ2) is 5.38. The Hall–Kier alpha value is -1.91. The number of thiocarbonyl (C=S) groups is 1. The highest BCUT2D eigenvalue weighted by molar-refractivity contribution is 7.80. The summed E-state index contributed by atoms with van der Waals surface area (Å²) in [6.07, 6.45) is 0. The Balaban J connectivity index is 1.70. The smallest absolute Gasteiger partial charge is 0.188 e. The molecule has 2 N–H and O–H groups in total. The summed E-state index contributed by atoms with van der Waals surface area (Å²) in [5.41, 5.74) is 6.99. The maximum Gasteiger partial charge on any atom is 0.188 e. The van der Waals surface area contributed by atoms with Gasteiger partial charge in [0.05, 0.1) is 6.54 Å². The molecule has 0 saturated heterocycles. The Kier molecular flexibility index (Phi) is 3.44. The van der Waals surface area contributed by atoms with Crippen molar-refractivity contribution in [1.29, 1.82) is 0 Å². The maximum atomic E-state index is 5.44. The minimum absolute atomic E-state index is 0.695. The van der Waals surface area contributed by atoms with Crippen LogP contribution in [0.5, 0.6) is 0 Å². The second-order valence-electron chi connectivity index (χ2n) is 4.49. The van der Waals surface area contributed by atoms with Gasteiger partial charge in [0.1, 0.15) is 0 Å². The average Bonchev–Trinajstić information content (AvgIpc) is 2.48. The standard InChI is InChI=1S/C15H15N3S/c19-15(17-14-8-2-1-3-9-14)18-11-13-7-5-4-6-12(13)10-16-18/h1-9,16H,10-11H2,(H,17,19). The van der Waals surface area contributed by atoms with E-state index >= 15 is 0 Å². The molecule has 0 unspecified atom stereocenters. The molecule has 3 rings (SSSR count). The van der Waals surface area contributed by atoms with Crippen LogP contribution >= 0.6 is 12.2 Å². The van der Waals surface area contributed by atoms with E-state index in [0.717, 1.165) is 18.8 Å². The Morgan fingerprint density at radius 2 is 1.68 bits per heavy atom. The summed E-state index contributed by atoms with van der Waals surface area (Å²) in [7, 11) is 0. The largest absolute Gasteiger partial charge is 0.332 e. The number of nitrogens with one attached hydrogen (secondary N) is 2. The average molecular weight is 269 g/mol. The van der Waals surface area contributed by atoms with Crippen molar-refractivity contribution in [3.63, 3.8) is 0 Å². The molecule has 0 atom stereocenters. The molecule has 3 nitrogen and oxygen atoms in total. The third-order valence-corrected chi connectivity index (χ3v) is 3.50. The first-order valence-corrected chi connectivity index (χ1v) is 6.67. The van der Waals surface area contributed by atoms with E-state index < -0.39 is 0 Å². The van der Waals surface area contributed by atoms with Crippen molar-refractivity contribution in [2.45, 2.75) is 13.1 Å². The van der Waals surface area contributed by atoms with Crippen molar-refractivity contribution in [2.75, 3.05) is 5.32 Å². The third kappa shape index (κ3) is 2.75. The van der Waals surface area contributed by atoms with Crippen molar-refractivity contribution >= 4 is 23.0 Å². The van der Waals surface area contributed by atoms with E-state index in [4.69, 9.17) is 12.2 Å². The number of nitrogens with zero attached hydrogens (tertiary/aromatic N) is 1. The fourth-order valence-electron chi connectivity index (χ4n) is 2.15. The van der Waals surface area contributed by atoms with Gasteiger partial charge in [-0.15, -0.1) is 0 Å². The first-order valence-electron chi connectivity index (χ1n) is 6.27. The summed E-state index contributed by atoms with van der Waals surface area (Å²) in [6.45, 7) is 1.60. The van der Waals surface area contributed by atoms with Gasteiger partial charge < -0.3 is 5.32 Å². The molecule has 0 saturated carbocycles. The van der Waals surface area contributed by atoms with Crippen molar-refractivity contribution < 1.29 is 0 Å². The number of hydrogen-bond acceptors (Lipinski definition) is 2. The molecule has 0 bridgehead atoms. The first kappa shape index (κ1) is 12.1. The van der Waals surface area contributed by atoms with Crippen LogP contribution in [-0.4, -0.2) is 10.1 Å². The molecule has 1 aliphatic rings. The minimum atomic E-state index is 0.695. The van der Waals surface area contributed by atoms with Crippen molar-refractivity contribution in [2.24, 2.45) is 0 Å². The molecule has 2 aromatic rings. The van der Waals surface area contributed by atoms with Gasteiger partial charge in [-0.05, 0) is 35.5 Å². The van der Waals surface area contributed by atoms with E-state index in [1.165, 1.54) is 11.1 Å². The molecule has 0 spiro atoms. The molecule has 0 amide bonds. The Morgan fingerprint density at radius 3 is 2.47 bits per heavy atom. The molecular weight excluding hydrogens is 254 g/mol. The van der Waals surface area contributed by atoms with Gasteiger partial charge in [0.2, 0.25) is 0 Å². The topological polar surface area (TPSA) is 27.3 Å². The lowest BCUT2D eigenvalue weighted by atomic mass is 10.1. The monoisotopic (exact) mass is 269 g/mol. The Bertz CT molecular complexity index is 583. The van der Waals surface area contributed by atoms with Gasteiger partial charge in [0, 0.05) is 12.2 Å². The molecule has 0 aromatic heterocycles. The van der Waals surface area contributed by atoms with Crippen LogP contribution in [0.2, 0.25) is 0 Å². The fraction of sp³-hybridized carbons (Fsp3) is 0.133. The molecule has 4 heteroatoms. The van der Waals surface area contributed by atoms with Gasteiger partial charge in [-0.25, -0.2) is 5.43 Å². The van der Waals surface area contributed by atoms with Gasteiger partial charge in [-0.3, -0.25) is 5.01 Å². The van der Waals surface area contributed by atoms with Crippen LogP contribution in [0.4, 0.5) is 5.69 Å². The number of anilines is 1. The molecule has 1 heterocycles. The summed E-state index contributed by atoms with van der Waals surface area (Å²) in [5.74, 6) is 0. The van der Waals surface area contributed by atoms with Gasteiger partial charge in [-0.1, -0.05) is 42.5 Å². The number of para-hydroxylation sites is 1. The van der Waals surface area contributed by atoms with Gasteiger partial charge >= 0.3 is 0 Å². The zero-order chi connectivity index (χ0) is 13.1. The van der Waals surface area contributed by atoms with Crippen LogP contribution < -0.4 is 10.7 Å². The number of fused-ring (bicyclic) bond motifs is 1. The van der Waals surface area contributed by atoms with Crippen molar-refractivity contribution in [3.05, 3.63) is 65.7 Å². The number of hydrogen-bond donors (Lipinski definition) is 2. The van der Waals surface area contributed by atoms with Crippen LogP contribution in [0.15, 0.2) is 54.6 Å². The number of rotatable bonds is 1. The van der Waals surface area contributed by atoms with Crippen LogP contribution in [0.25, 0.3) is 0 Å². The van der Waals surface area contributed by atoms with Gasteiger partial charge in [0.25, 0.3) is 0 Å². The van der Waals surface area contributed by atoms with E-state index in [1.807, 2.05) is 35.3 Å². The SMILES string of the molecule is S=C(Nc1ccccc1)N1Cc2ccccc2CN1. The van der Waals surface area contributed by atoms with Crippen LogP contribution in [0.3, 0.4) is 0 Å². The summed E-state index contributed by atoms with van der Waals surface area (Å²) in [5, 5.41) is 5.91. The summed E-state index contributed by atoms with van der Waals surface area (Å²) in [4.78, 5) is 0. The van der Waals surface area contributed by atoms with Crippen LogP contribution in [-0.2, 0) is 13.1 Å². The third-order valence-electron chi connectivity index (χ3n) is 3.18. The quantitative estimate of drug-likeness (QED) is 0.778. The molecule has 19 heavy (non-hydrogen) atoms. The normalized spacial score (nSPS) is 13.8. The van der Waals surface area contributed by atoms with E-state index in [9.17, 15) is 0 Å². The zero-order valence-electron chi connectivity index (χ0n) is 10.5. The highest BCUT2D eigenvalue weighted by atomic mass is 32.1. The van der Waals surface area contributed by atoms with E-state index in [2.05, 4.69) is 35.0 Å². The molecule has 0 fully saturated rings. The number of benzene rings is 2. The predicted molar refractivity (Wildman–Crippen MR) is 81.5 cm³/mol. The van der Waals surface area contributed by atoms with Crippen molar-refractivity contribution in [1.82, 2.24) is 10.4 Å². The molecule has 0 aliphatic carbocycles. The lowest BCUT2D eigenvalue weighted by Crippen LogP contribution is -2.46. The van der Waals surface area contributed by atoms with Gasteiger partial charge in [0.15, 0.2) is 5.11 Å². The highest BCUT2D eigenvalue weighted by Crippen LogP contribution is 2.16. The summed E-state index contributed by atoms with van der Waals surface area (Å²) < 4.78 is 0. The van der Waals surface area contributed by atoms with Crippen molar-refractivity contribution in [3.8, 4) is 0 Å². The lowest BCUT2D eigenvalue weighted by molar-refractivity contribution is 0.279. The van der Waals surface area contributed by atoms with Crippen LogP contribution in [0.1, 0.15) is 11.1 Å². The molecular formula is C15H15N3S. The maximum absolute atomic E-state index is 5.44. The molecule has 2 aromatic carbocycles. The summed E-state index contributed by atoms with van der Waals surface area (Å²) in [6, 6.07) is 18.4. The Labute approximate surface area is 118 Å². The predicted octanol–water partition coefficient (Wildman–Crippen LogP) is 2.90. The van der Waals surface area contributed by atoms with Crippen LogP contribution in [0, 0.1) is 0 Å². The highest BCUT2D eigenvalue weighted by Gasteiger charge is 2.17. The summed E-state index contributed by atoms with van der Waals surface area (Å²) >= 11 is 5.44. The second-order valence-corrected chi connectivity index (χ2v) is 4.87. The molecule has 1 aliphatic heterocycles. The lowest BCUT2D eigenvalue weighted by Gasteiger charge is -2.31. The van der Waals surface area contributed by atoms with E-state index in [0.29, 0.717) is 5.11 Å². The zero-order valence-corrected chi connectivity index (χ0v) is 11.3. The molecule has 96 valence electrons. The first-order chi connectivity index (χ1) is 9.33. The fourth-order valence-corrected chi connectivity index (χ4v) is 2.39.